The summed E-state index contributed by atoms with van der Waals surface area (Å²) in [6.07, 6.45) is 6.34. The van der Waals surface area contributed by atoms with Gasteiger partial charge in [-0.05, 0) is 68.4 Å². The van der Waals surface area contributed by atoms with Crippen LogP contribution in [0.2, 0.25) is 0 Å². The maximum Gasteiger partial charge on any atom is 0.257 e. The zero-order valence-corrected chi connectivity index (χ0v) is 21.4. The Balaban J connectivity index is 1.24. The zero-order chi connectivity index (χ0) is 25.3. The Morgan fingerprint density at radius 2 is 1.84 bits per heavy atom. The van der Waals surface area contributed by atoms with E-state index in [2.05, 4.69) is 41.3 Å². The number of amides is 1. The number of likely N-dealkylation sites (tertiary alicyclic amines) is 1. The highest BCUT2D eigenvalue weighted by atomic mass is 16.3. The molecule has 37 heavy (non-hydrogen) atoms. The van der Waals surface area contributed by atoms with Crippen molar-refractivity contribution in [2.75, 3.05) is 13.1 Å². The SMILES string of the molecule is CCc1c(C)nc(-c2ccc(-c3ccc4occc4c3)cc2)n(C2CC23CCN(C(=O)C2CC2)C3)c1=O. The standard InChI is InChI=1S/C31H31N3O3/c1-3-25-19(2)32-28(21-6-4-20(5-7-21)23-10-11-26-24(16-23)12-15-37-26)34(30(25)36)27-17-31(27)13-14-33(18-31)29(35)22-8-9-22/h4-7,10-12,15-16,22,27H,3,8-9,13-14,17-18H2,1-2H3. The smallest absolute Gasteiger partial charge is 0.257 e. The number of hydrogen-bond acceptors (Lipinski definition) is 4. The topological polar surface area (TPSA) is 68.3 Å². The zero-order valence-electron chi connectivity index (χ0n) is 21.4. The Kier molecular flexibility index (Phi) is 4.97. The van der Waals surface area contributed by atoms with Crippen molar-refractivity contribution >= 4 is 16.9 Å². The van der Waals surface area contributed by atoms with E-state index in [1.165, 1.54) is 0 Å². The number of hydrogen-bond donors (Lipinski definition) is 0. The molecule has 4 aromatic rings. The third-order valence-electron chi connectivity index (χ3n) is 8.78. The first kappa shape index (κ1) is 22.5. The highest BCUT2D eigenvalue weighted by Crippen LogP contribution is 2.62. The third kappa shape index (κ3) is 3.64. The number of rotatable bonds is 5. The van der Waals surface area contributed by atoms with E-state index in [-0.39, 0.29) is 22.9 Å². The number of benzene rings is 2. The van der Waals surface area contributed by atoms with E-state index in [4.69, 9.17) is 9.40 Å². The van der Waals surface area contributed by atoms with Gasteiger partial charge in [0.25, 0.3) is 5.56 Å². The molecule has 7 rings (SSSR count). The van der Waals surface area contributed by atoms with Gasteiger partial charge in [0.1, 0.15) is 11.4 Å². The van der Waals surface area contributed by atoms with Crippen LogP contribution >= 0.6 is 0 Å². The first-order valence-corrected chi connectivity index (χ1v) is 13.5. The van der Waals surface area contributed by atoms with Crippen LogP contribution in [0.4, 0.5) is 0 Å². The number of furan rings is 1. The van der Waals surface area contributed by atoms with Crippen LogP contribution < -0.4 is 5.56 Å². The maximum atomic E-state index is 13.8. The monoisotopic (exact) mass is 493 g/mol. The van der Waals surface area contributed by atoms with E-state index in [9.17, 15) is 9.59 Å². The number of nitrogens with zero attached hydrogens (tertiary/aromatic N) is 3. The van der Waals surface area contributed by atoms with E-state index in [1.807, 2.05) is 30.5 Å². The van der Waals surface area contributed by atoms with Crippen molar-refractivity contribution in [3.05, 3.63) is 76.4 Å². The minimum Gasteiger partial charge on any atom is -0.464 e. The Hall–Kier alpha value is -3.67. The highest BCUT2D eigenvalue weighted by Gasteiger charge is 2.60. The van der Waals surface area contributed by atoms with Gasteiger partial charge in [-0.3, -0.25) is 14.2 Å². The van der Waals surface area contributed by atoms with Gasteiger partial charge in [-0.25, -0.2) is 4.98 Å². The number of aryl methyl sites for hydroxylation is 1. The van der Waals surface area contributed by atoms with Crippen LogP contribution in [-0.2, 0) is 11.2 Å². The average molecular weight is 494 g/mol. The Bertz CT molecular complexity index is 1590. The van der Waals surface area contributed by atoms with E-state index < -0.39 is 0 Å². The quantitative estimate of drug-likeness (QED) is 0.354. The summed E-state index contributed by atoms with van der Waals surface area (Å²) in [5.74, 6) is 1.30. The second-order valence-corrected chi connectivity index (χ2v) is 11.1. The van der Waals surface area contributed by atoms with Crippen molar-refractivity contribution in [2.24, 2.45) is 11.3 Å². The highest BCUT2D eigenvalue weighted by molar-refractivity contribution is 5.84. The summed E-state index contributed by atoms with van der Waals surface area (Å²) in [6.45, 7) is 5.54. The largest absolute Gasteiger partial charge is 0.464 e. The summed E-state index contributed by atoms with van der Waals surface area (Å²) in [5.41, 5.74) is 5.73. The molecule has 2 unspecified atom stereocenters. The number of aromatic nitrogens is 2. The van der Waals surface area contributed by atoms with Gasteiger partial charge >= 0.3 is 0 Å². The summed E-state index contributed by atoms with van der Waals surface area (Å²) in [7, 11) is 0. The van der Waals surface area contributed by atoms with Gasteiger partial charge in [-0.2, -0.15) is 0 Å². The van der Waals surface area contributed by atoms with Crippen LogP contribution in [0.5, 0.6) is 0 Å². The molecule has 0 N–H and O–H groups in total. The first-order chi connectivity index (χ1) is 18.0. The molecule has 6 heteroatoms. The Morgan fingerprint density at radius 3 is 2.59 bits per heavy atom. The van der Waals surface area contributed by atoms with E-state index in [0.29, 0.717) is 12.3 Å². The molecule has 6 nitrogen and oxygen atoms in total. The van der Waals surface area contributed by atoms with Crippen molar-refractivity contribution < 1.29 is 9.21 Å². The van der Waals surface area contributed by atoms with Crippen molar-refractivity contribution in [2.45, 2.75) is 52.0 Å². The van der Waals surface area contributed by atoms with Crippen LogP contribution in [0, 0.1) is 18.3 Å². The van der Waals surface area contributed by atoms with Crippen LogP contribution in [-0.4, -0.2) is 33.4 Å². The molecule has 2 saturated carbocycles. The summed E-state index contributed by atoms with van der Waals surface area (Å²) >= 11 is 0. The molecule has 2 aliphatic carbocycles. The maximum absolute atomic E-state index is 13.8. The second kappa shape index (κ2) is 8.17. The summed E-state index contributed by atoms with van der Waals surface area (Å²) < 4.78 is 7.44. The predicted molar refractivity (Wildman–Crippen MR) is 143 cm³/mol. The molecule has 0 bridgehead atoms. The molecule has 1 spiro atoms. The second-order valence-electron chi connectivity index (χ2n) is 11.1. The molecule has 2 atom stereocenters. The Morgan fingerprint density at radius 1 is 1.08 bits per heavy atom. The lowest BCUT2D eigenvalue weighted by molar-refractivity contribution is -0.131. The van der Waals surface area contributed by atoms with Crippen LogP contribution in [0.15, 0.2) is 64.0 Å². The van der Waals surface area contributed by atoms with Gasteiger partial charge in [0, 0.05) is 52.7 Å². The van der Waals surface area contributed by atoms with E-state index in [0.717, 1.165) is 83.5 Å². The summed E-state index contributed by atoms with van der Waals surface area (Å²) in [4.78, 5) is 33.5. The third-order valence-corrected chi connectivity index (χ3v) is 8.78. The fraction of sp³-hybridized carbons (Fsp3) is 0.387. The van der Waals surface area contributed by atoms with Crippen molar-refractivity contribution in [1.29, 1.82) is 0 Å². The van der Waals surface area contributed by atoms with Crippen LogP contribution in [0.3, 0.4) is 0 Å². The molecule has 0 radical (unpaired) electrons. The van der Waals surface area contributed by atoms with Crippen molar-refractivity contribution in [3.8, 4) is 22.5 Å². The van der Waals surface area contributed by atoms with E-state index in [1.54, 1.807) is 6.26 Å². The van der Waals surface area contributed by atoms with Gasteiger partial charge in [0.2, 0.25) is 5.91 Å². The van der Waals surface area contributed by atoms with Gasteiger partial charge in [0.15, 0.2) is 0 Å². The van der Waals surface area contributed by atoms with Gasteiger partial charge < -0.3 is 9.32 Å². The number of carbonyl (C=O) groups excluding carboxylic acids is 1. The van der Waals surface area contributed by atoms with Crippen LogP contribution in [0.1, 0.15) is 49.9 Å². The molecule has 3 heterocycles. The lowest BCUT2D eigenvalue weighted by Gasteiger charge is -2.19. The van der Waals surface area contributed by atoms with Crippen LogP contribution in [0.25, 0.3) is 33.5 Å². The molecule has 1 amide bonds. The lowest BCUT2D eigenvalue weighted by atomic mass is 10.0. The minimum absolute atomic E-state index is 0.00498. The molecule has 3 fully saturated rings. The summed E-state index contributed by atoms with van der Waals surface area (Å²) in [6, 6.07) is 16.6. The molecule has 1 saturated heterocycles. The van der Waals surface area contributed by atoms with Gasteiger partial charge in [0.05, 0.1) is 6.26 Å². The molecule has 188 valence electrons. The average Bonchev–Trinajstić information content (AvgIpc) is 3.77. The predicted octanol–water partition coefficient (Wildman–Crippen LogP) is 5.77. The lowest BCUT2D eigenvalue weighted by Crippen LogP contribution is -2.32. The molecule has 1 aliphatic heterocycles. The summed E-state index contributed by atoms with van der Waals surface area (Å²) in [5, 5.41) is 1.08. The molecule has 3 aliphatic rings. The molecule has 2 aromatic heterocycles. The molecule has 2 aromatic carbocycles. The molecular formula is C31H31N3O3. The van der Waals surface area contributed by atoms with Crippen molar-refractivity contribution in [3.63, 3.8) is 0 Å². The fourth-order valence-corrected chi connectivity index (χ4v) is 6.34. The van der Waals surface area contributed by atoms with Gasteiger partial charge in [-0.1, -0.05) is 37.3 Å². The van der Waals surface area contributed by atoms with Crippen molar-refractivity contribution in [1.82, 2.24) is 14.5 Å². The number of carbonyl (C=O) groups is 1. The normalized spacial score (nSPS) is 22.8. The van der Waals surface area contributed by atoms with Gasteiger partial charge in [-0.15, -0.1) is 0 Å². The molecular weight excluding hydrogens is 462 g/mol. The van der Waals surface area contributed by atoms with E-state index >= 15 is 0 Å². The first-order valence-electron chi connectivity index (χ1n) is 13.5. The minimum atomic E-state index is 0.00498. The fourth-order valence-electron chi connectivity index (χ4n) is 6.34. The Labute approximate surface area is 215 Å². The number of fused-ring (bicyclic) bond motifs is 1.